The van der Waals surface area contributed by atoms with Gasteiger partial charge in [-0.1, -0.05) is 18.2 Å². The zero-order chi connectivity index (χ0) is 21.7. The lowest BCUT2D eigenvalue weighted by atomic mass is 10.1. The molecule has 8 nitrogen and oxygen atoms in total. The summed E-state index contributed by atoms with van der Waals surface area (Å²) in [4.78, 5) is 29.9. The Morgan fingerprint density at radius 3 is 2.67 bits per heavy atom. The van der Waals surface area contributed by atoms with Crippen molar-refractivity contribution in [3.05, 3.63) is 69.6 Å². The van der Waals surface area contributed by atoms with Gasteiger partial charge in [0.05, 0.1) is 7.11 Å². The van der Waals surface area contributed by atoms with E-state index >= 15 is 0 Å². The average molecular weight is 404 g/mol. The van der Waals surface area contributed by atoms with Gasteiger partial charge in [-0.05, 0) is 43.7 Å². The molecule has 0 radical (unpaired) electrons. The Labute approximate surface area is 173 Å². The molecule has 0 saturated heterocycles. The predicted molar refractivity (Wildman–Crippen MR) is 112 cm³/mol. The Morgan fingerprint density at radius 1 is 1.27 bits per heavy atom. The summed E-state index contributed by atoms with van der Waals surface area (Å²) in [5.74, 6) is 0.173. The number of fused-ring (bicyclic) bond motifs is 1. The van der Waals surface area contributed by atoms with Crippen molar-refractivity contribution < 1.29 is 14.3 Å². The van der Waals surface area contributed by atoms with E-state index in [1.165, 1.54) is 17.6 Å². The quantitative estimate of drug-likeness (QED) is 0.500. The summed E-state index contributed by atoms with van der Waals surface area (Å²) in [6.07, 6.45) is 2.76. The molecule has 1 aromatic carbocycles. The summed E-state index contributed by atoms with van der Waals surface area (Å²) in [6, 6.07) is 12.3. The highest BCUT2D eigenvalue weighted by Gasteiger charge is 2.18. The van der Waals surface area contributed by atoms with Gasteiger partial charge in [0.1, 0.15) is 22.9 Å². The Balaban J connectivity index is 2.27. The SMILES string of the molecule is CCNC(=O)/C(C#N)=C/c1c(Oc2ccccc2OC)nc2c(C)cccn2c1=O. The first kappa shape index (κ1) is 20.6. The van der Waals surface area contributed by atoms with Crippen LogP contribution in [0.1, 0.15) is 18.1 Å². The van der Waals surface area contributed by atoms with Gasteiger partial charge in [0.25, 0.3) is 11.5 Å². The van der Waals surface area contributed by atoms with E-state index < -0.39 is 11.5 Å². The van der Waals surface area contributed by atoms with E-state index in [0.29, 0.717) is 23.7 Å². The molecule has 152 valence electrons. The molecule has 0 spiro atoms. The first-order valence-corrected chi connectivity index (χ1v) is 9.23. The number of nitriles is 1. The van der Waals surface area contributed by atoms with Crippen LogP contribution in [0.25, 0.3) is 11.7 Å². The van der Waals surface area contributed by atoms with Crippen LogP contribution in [0.2, 0.25) is 0 Å². The number of benzene rings is 1. The minimum absolute atomic E-state index is 0.0215. The summed E-state index contributed by atoms with van der Waals surface area (Å²) >= 11 is 0. The number of likely N-dealkylation sites (N-methyl/N-ethyl adjacent to an activating group) is 1. The average Bonchev–Trinajstić information content (AvgIpc) is 2.75. The molecule has 0 aliphatic rings. The van der Waals surface area contributed by atoms with Crippen LogP contribution in [0.5, 0.6) is 17.4 Å². The second kappa shape index (κ2) is 8.92. The van der Waals surface area contributed by atoms with E-state index in [-0.39, 0.29) is 17.0 Å². The van der Waals surface area contributed by atoms with Gasteiger partial charge >= 0.3 is 0 Å². The number of methoxy groups -OCH3 is 1. The lowest BCUT2D eigenvalue weighted by molar-refractivity contribution is -0.116. The number of pyridine rings is 1. The molecule has 2 heterocycles. The van der Waals surface area contributed by atoms with Crippen molar-refractivity contribution in [1.29, 1.82) is 5.26 Å². The minimum Gasteiger partial charge on any atom is -0.493 e. The molecule has 0 unspecified atom stereocenters. The zero-order valence-electron chi connectivity index (χ0n) is 16.8. The number of hydrogen-bond acceptors (Lipinski definition) is 6. The van der Waals surface area contributed by atoms with E-state index in [0.717, 1.165) is 5.56 Å². The van der Waals surface area contributed by atoms with Crippen molar-refractivity contribution >= 4 is 17.6 Å². The summed E-state index contributed by atoms with van der Waals surface area (Å²) < 4.78 is 12.6. The Bertz CT molecular complexity index is 1240. The van der Waals surface area contributed by atoms with E-state index in [1.54, 1.807) is 43.5 Å². The monoisotopic (exact) mass is 404 g/mol. The molecule has 3 aromatic rings. The second-order valence-corrected chi connectivity index (χ2v) is 6.30. The number of amides is 1. The van der Waals surface area contributed by atoms with Gasteiger partial charge in [-0.25, -0.2) is 0 Å². The summed E-state index contributed by atoms with van der Waals surface area (Å²) in [7, 11) is 1.50. The van der Waals surface area contributed by atoms with Crippen LogP contribution in [0.3, 0.4) is 0 Å². The van der Waals surface area contributed by atoms with Crippen molar-refractivity contribution in [2.45, 2.75) is 13.8 Å². The number of aryl methyl sites for hydroxylation is 1. The highest BCUT2D eigenvalue weighted by Crippen LogP contribution is 2.32. The number of nitrogens with one attached hydrogen (secondary N) is 1. The molecule has 0 atom stereocenters. The Morgan fingerprint density at radius 2 is 2.00 bits per heavy atom. The summed E-state index contributed by atoms with van der Waals surface area (Å²) in [6.45, 7) is 3.90. The molecule has 0 aliphatic heterocycles. The van der Waals surface area contributed by atoms with E-state index in [1.807, 2.05) is 19.1 Å². The van der Waals surface area contributed by atoms with Crippen molar-refractivity contribution in [1.82, 2.24) is 14.7 Å². The van der Waals surface area contributed by atoms with Crippen LogP contribution in [-0.2, 0) is 4.79 Å². The molecule has 0 fully saturated rings. The molecule has 0 bridgehead atoms. The lowest BCUT2D eigenvalue weighted by Crippen LogP contribution is -2.25. The van der Waals surface area contributed by atoms with Crippen LogP contribution in [-0.4, -0.2) is 28.9 Å². The Kier molecular flexibility index (Phi) is 6.13. The number of aromatic nitrogens is 2. The fourth-order valence-electron chi connectivity index (χ4n) is 2.85. The van der Waals surface area contributed by atoms with Crippen molar-refractivity contribution in [2.24, 2.45) is 0 Å². The second-order valence-electron chi connectivity index (χ2n) is 6.30. The number of carbonyl (C=O) groups is 1. The zero-order valence-corrected chi connectivity index (χ0v) is 16.8. The van der Waals surface area contributed by atoms with Gasteiger partial charge in [-0.3, -0.25) is 14.0 Å². The lowest BCUT2D eigenvalue weighted by Gasteiger charge is -2.13. The molecule has 8 heteroatoms. The fourth-order valence-corrected chi connectivity index (χ4v) is 2.85. The third-order valence-electron chi connectivity index (χ3n) is 4.32. The maximum atomic E-state index is 13.2. The maximum Gasteiger partial charge on any atom is 0.269 e. The van der Waals surface area contributed by atoms with Crippen LogP contribution < -0.4 is 20.3 Å². The van der Waals surface area contributed by atoms with Gasteiger partial charge in [-0.2, -0.15) is 10.2 Å². The largest absolute Gasteiger partial charge is 0.493 e. The van der Waals surface area contributed by atoms with E-state index in [9.17, 15) is 14.9 Å². The van der Waals surface area contributed by atoms with Crippen LogP contribution in [0, 0.1) is 18.3 Å². The Hall–Kier alpha value is -4.12. The number of para-hydroxylation sites is 2. The molecule has 30 heavy (non-hydrogen) atoms. The predicted octanol–water partition coefficient (Wildman–Crippen LogP) is 2.85. The normalized spacial score (nSPS) is 11.1. The first-order valence-electron chi connectivity index (χ1n) is 9.23. The van der Waals surface area contributed by atoms with Crippen LogP contribution >= 0.6 is 0 Å². The molecule has 1 amide bonds. The molecule has 3 rings (SSSR count). The topological polar surface area (TPSA) is 106 Å². The molecule has 0 aliphatic carbocycles. The van der Waals surface area contributed by atoms with E-state index in [2.05, 4.69) is 10.3 Å². The maximum absolute atomic E-state index is 13.2. The fraction of sp³-hybridized carbons (Fsp3) is 0.182. The summed E-state index contributed by atoms with van der Waals surface area (Å²) in [5.41, 5.74) is 0.450. The van der Waals surface area contributed by atoms with Crippen molar-refractivity contribution in [3.8, 4) is 23.4 Å². The van der Waals surface area contributed by atoms with E-state index in [4.69, 9.17) is 9.47 Å². The van der Waals surface area contributed by atoms with Crippen LogP contribution in [0.4, 0.5) is 0 Å². The standard InChI is InChI=1S/C22H20N4O4/c1-4-24-20(27)15(13-23)12-16-21(30-18-10-6-5-9-17(18)29-3)25-19-14(2)8-7-11-26(19)22(16)28/h5-12H,4H2,1-3H3,(H,24,27)/b15-12+. The first-order chi connectivity index (χ1) is 14.5. The number of ether oxygens (including phenoxy) is 2. The highest BCUT2D eigenvalue weighted by molar-refractivity contribution is 6.01. The number of hydrogen-bond donors (Lipinski definition) is 1. The third kappa shape index (κ3) is 4.00. The van der Waals surface area contributed by atoms with Gasteiger partial charge < -0.3 is 14.8 Å². The minimum atomic E-state index is -0.586. The van der Waals surface area contributed by atoms with Crippen LogP contribution in [0.15, 0.2) is 53.0 Å². The summed E-state index contributed by atoms with van der Waals surface area (Å²) in [5, 5.41) is 12.0. The molecular formula is C22H20N4O4. The third-order valence-corrected chi connectivity index (χ3v) is 4.32. The number of nitrogens with zero attached hydrogens (tertiary/aromatic N) is 3. The number of carbonyl (C=O) groups excluding carboxylic acids is 1. The van der Waals surface area contributed by atoms with Gasteiger partial charge in [-0.15, -0.1) is 0 Å². The van der Waals surface area contributed by atoms with Crippen molar-refractivity contribution in [3.63, 3.8) is 0 Å². The van der Waals surface area contributed by atoms with Crippen molar-refractivity contribution in [2.75, 3.05) is 13.7 Å². The van der Waals surface area contributed by atoms with Gasteiger partial charge in [0.2, 0.25) is 5.88 Å². The smallest absolute Gasteiger partial charge is 0.269 e. The van der Waals surface area contributed by atoms with Gasteiger partial charge in [0.15, 0.2) is 11.5 Å². The molecular weight excluding hydrogens is 384 g/mol. The number of rotatable bonds is 6. The highest BCUT2D eigenvalue weighted by atomic mass is 16.5. The van der Waals surface area contributed by atoms with Gasteiger partial charge in [0, 0.05) is 12.7 Å². The molecule has 0 saturated carbocycles. The molecule has 2 aromatic heterocycles. The molecule has 1 N–H and O–H groups in total.